The van der Waals surface area contributed by atoms with Gasteiger partial charge in [0.15, 0.2) is 11.5 Å². The first-order valence-corrected chi connectivity index (χ1v) is 7.61. The largest absolute Gasteiger partial charge is 0.493 e. The van der Waals surface area contributed by atoms with E-state index in [0.717, 1.165) is 56.1 Å². The molecular formula is C16H22N4O2. The van der Waals surface area contributed by atoms with E-state index in [1.807, 2.05) is 0 Å². The summed E-state index contributed by atoms with van der Waals surface area (Å²) in [5, 5.41) is 10.6. The smallest absolute Gasteiger partial charge is 0.161 e. The van der Waals surface area contributed by atoms with E-state index in [4.69, 9.17) is 9.47 Å². The van der Waals surface area contributed by atoms with Crippen LogP contribution in [0.1, 0.15) is 16.8 Å². The third-order valence-electron chi connectivity index (χ3n) is 4.25. The predicted molar refractivity (Wildman–Crippen MR) is 83.5 cm³/mol. The maximum absolute atomic E-state index is 5.41. The highest BCUT2D eigenvalue weighted by atomic mass is 16.5. The maximum Gasteiger partial charge on any atom is 0.161 e. The lowest BCUT2D eigenvalue weighted by atomic mass is 10.0. The lowest BCUT2D eigenvalue weighted by molar-refractivity contribution is 0.290. The zero-order chi connectivity index (χ0) is 15.4. The summed E-state index contributed by atoms with van der Waals surface area (Å²) < 4.78 is 10.8. The number of methoxy groups -OCH3 is 2. The molecule has 0 unspecified atom stereocenters. The summed E-state index contributed by atoms with van der Waals surface area (Å²) in [7, 11) is 3.37. The first kappa shape index (κ1) is 14.8. The number of aromatic nitrogens is 3. The number of fused-ring (bicyclic) bond motifs is 1. The molecule has 0 aliphatic carbocycles. The van der Waals surface area contributed by atoms with Crippen molar-refractivity contribution >= 4 is 0 Å². The summed E-state index contributed by atoms with van der Waals surface area (Å²) in [6.07, 6.45) is 4.80. The minimum Gasteiger partial charge on any atom is -0.493 e. The second-order valence-corrected chi connectivity index (χ2v) is 5.53. The monoisotopic (exact) mass is 302 g/mol. The molecule has 0 saturated heterocycles. The van der Waals surface area contributed by atoms with Gasteiger partial charge in [-0.05, 0) is 36.1 Å². The molecule has 1 aromatic heterocycles. The predicted octanol–water partition coefficient (Wildman–Crippen LogP) is 1.47. The van der Waals surface area contributed by atoms with Crippen LogP contribution >= 0.6 is 0 Å². The number of hydrogen-bond donors (Lipinski definition) is 1. The molecular weight excluding hydrogens is 280 g/mol. The van der Waals surface area contributed by atoms with Crippen LogP contribution < -0.4 is 9.47 Å². The van der Waals surface area contributed by atoms with Gasteiger partial charge in [-0.1, -0.05) is 0 Å². The first-order chi connectivity index (χ1) is 10.8. The number of benzene rings is 1. The zero-order valence-electron chi connectivity index (χ0n) is 13.1. The second kappa shape index (κ2) is 6.79. The van der Waals surface area contributed by atoms with Gasteiger partial charge in [0, 0.05) is 26.1 Å². The Kier molecular flexibility index (Phi) is 4.58. The van der Waals surface area contributed by atoms with Gasteiger partial charge in [0.05, 0.1) is 26.1 Å². The van der Waals surface area contributed by atoms with Crippen LogP contribution in [0.3, 0.4) is 0 Å². The minimum absolute atomic E-state index is 0.817. The third kappa shape index (κ3) is 3.22. The van der Waals surface area contributed by atoms with Crippen molar-refractivity contribution in [3.05, 3.63) is 35.2 Å². The van der Waals surface area contributed by atoms with E-state index in [0.29, 0.717) is 0 Å². The standard InChI is InChI=1S/C16H22N4O2/c1-21-15-9-12-3-6-20(8-5-14-11-17-19-18-14)7-4-13(12)10-16(15)22-2/h9-11H,3-8H2,1-2H3,(H,17,18,19). The molecule has 3 rings (SSSR count). The van der Waals surface area contributed by atoms with Crippen molar-refractivity contribution in [3.63, 3.8) is 0 Å². The number of H-pyrrole nitrogens is 1. The van der Waals surface area contributed by atoms with Gasteiger partial charge in [0.1, 0.15) is 0 Å². The van der Waals surface area contributed by atoms with E-state index in [-0.39, 0.29) is 0 Å². The molecule has 6 heteroatoms. The molecule has 6 nitrogen and oxygen atoms in total. The molecule has 0 saturated carbocycles. The van der Waals surface area contributed by atoms with Crippen molar-refractivity contribution in [1.82, 2.24) is 20.3 Å². The Morgan fingerprint density at radius 3 is 2.23 bits per heavy atom. The van der Waals surface area contributed by atoms with E-state index in [1.165, 1.54) is 11.1 Å². The highest BCUT2D eigenvalue weighted by Crippen LogP contribution is 2.32. The van der Waals surface area contributed by atoms with Gasteiger partial charge in [-0.2, -0.15) is 15.4 Å². The molecule has 2 heterocycles. The third-order valence-corrected chi connectivity index (χ3v) is 4.25. The SMILES string of the molecule is COc1cc2c(cc1OC)CCN(CCc1cn[nH]n1)CC2. The van der Waals surface area contributed by atoms with Crippen LogP contribution in [0.5, 0.6) is 11.5 Å². The molecule has 0 amide bonds. The van der Waals surface area contributed by atoms with Crippen LogP contribution in [-0.4, -0.2) is 54.2 Å². The number of nitrogens with zero attached hydrogens (tertiary/aromatic N) is 3. The van der Waals surface area contributed by atoms with Crippen LogP contribution in [0.2, 0.25) is 0 Å². The number of aromatic amines is 1. The molecule has 22 heavy (non-hydrogen) atoms. The van der Waals surface area contributed by atoms with Crippen molar-refractivity contribution < 1.29 is 9.47 Å². The lowest BCUT2D eigenvalue weighted by Crippen LogP contribution is -2.28. The molecule has 1 aliphatic heterocycles. The molecule has 118 valence electrons. The fourth-order valence-electron chi connectivity index (χ4n) is 2.94. The van der Waals surface area contributed by atoms with Gasteiger partial charge in [-0.15, -0.1) is 0 Å². The minimum atomic E-state index is 0.817. The molecule has 0 fully saturated rings. The number of ether oxygens (including phenoxy) is 2. The van der Waals surface area contributed by atoms with Gasteiger partial charge >= 0.3 is 0 Å². The zero-order valence-corrected chi connectivity index (χ0v) is 13.1. The van der Waals surface area contributed by atoms with E-state index in [9.17, 15) is 0 Å². The van der Waals surface area contributed by atoms with Gasteiger partial charge in [0.2, 0.25) is 0 Å². The Labute approximate surface area is 130 Å². The van der Waals surface area contributed by atoms with E-state index in [1.54, 1.807) is 20.4 Å². The topological polar surface area (TPSA) is 63.3 Å². The Morgan fingerprint density at radius 2 is 1.73 bits per heavy atom. The van der Waals surface area contributed by atoms with Crippen LogP contribution in [-0.2, 0) is 19.3 Å². The molecule has 0 spiro atoms. The summed E-state index contributed by atoms with van der Waals surface area (Å²) in [5.74, 6) is 1.63. The maximum atomic E-state index is 5.41. The number of rotatable bonds is 5. The van der Waals surface area contributed by atoms with Crippen molar-refractivity contribution in [3.8, 4) is 11.5 Å². The molecule has 2 aromatic rings. The van der Waals surface area contributed by atoms with E-state index < -0.39 is 0 Å². The van der Waals surface area contributed by atoms with Gasteiger partial charge in [-0.3, -0.25) is 0 Å². The van der Waals surface area contributed by atoms with Crippen molar-refractivity contribution in [1.29, 1.82) is 0 Å². The Hall–Kier alpha value is -2.08. The van der Waals surface area contributed by atoms with Crippen LogP contribution in [0, 0.1) is 0 Å². The summed E-state index contributed by atoms with van der Waals surface area (Å²) in [4.78, 5) is 2.48. The van der Waals surface area contributed by atoms with Crippen molar-refractivity contribution in [2.45, 2.75) is 19.3 Å². The van der Waals surface area contributed by atoms with Gasteiger partial charge in [0.25, 0.3) is 0 Å². The second-order valence-electron chi connectivity index (χ2n) is 5.53. The Bertz CT molecular complexity index is 578. The van der Waals surface area contributed by atoms with Crippen LogP contribution in [0.15, 0.2) is 18.3 Å². The van der Waals surface area contributed by atoms with Crippen LogP contribution in [0.4, 0.5) is 0 Å². The molecule has 1 aromatic carbocycles. The van der Waals surface area contributed by atoms with Crippen molar-refractivity contribution in [2.24, 2.45) is 0 Å². The normalized spacial score (nSPS) is 15.2. The van der Waals surface area contributed by atoms with Crippen molar-refractivity contribution in [2.75, 3.05) is 33.9 Å². The summed E-state index contributed by atoms with van der Waals surface area (Å²) in [5.41, 5.74) is 3.74. The summed E-state index contributed by atoms with van der Waals surface area (Å²) in [6, 6.07) is 4.24. The van der Waals surface area contributed by atoms with Gasteiger partial charge < -0.3 is 14.4 Å². The fraction of sp³-hybridized carbons (Fsp3) is 0.500. The molecule has 0 bridgehead atoms. The number of nitrogens with one attached hydrogen (secondary N) is 1. The highest BCUT2D eigenvalue weighted by Gasteiger charge is 2.17. The fourth-order valence-corrected chi connectivity index (χ4v) is 2.94. The van der Waals surface area contributed by atoms with Crippen LogP contribution in [0.25, 0.3) is 0 Å². The molecule has 1 N–H and O–H groups in total. The van der Waals surface area contributed by atoms with E-state index >= 15 is 0 Å². The van der Waals surface area contributed by atoms with Gasteiger partial charge in [-0.25, -0.2) is 0 Å². The molecule has 0 atom stereocenters. The lowest BCUT2D eigenvalue weighted by Gasteiger charge is -2.18. The average Bonchev–Trinajstić information content (AvgIpc) is 2.99. The Morgan fingerprint density at radius 1 is 1.09 bits per heavy atom. The van der Waals surface area contributed by atoms with E-state index in [2.05, 4.69) is 32.4 Å². The summed E-state index contributed by atoms with van der Waals surface area (Å²) >= 11 is 0. The highest BCUT2D eigenvalue weighted by molar-refractivity contribution is 5.48. The molecule has 1 aliphatic rings. The number of hydrogen-bond acceptors (Lipinski definition) is 5. The Balaban J connectivity index is 1.66. The average molecular weight is 302 g/mol. The first-order valence-electron chi connectivity index (χ1n) is 7.61. The summed E-state index contributed by atoms with van der Waals surface area (Å²) in [6.45, 7) is 3.12. The quantitative estimate of drug-likeness (QED) is 0.906. The molecule has 0 radical (unpaired) electrons.